The van der Waals surface area contributed by atoms with Crippen LogP contribution in [0.5, 0.6) is 11.5 Å². The fourth-order valence-electron chi connectivity index (χ4n) is 7.68. The quantitative estimate of drug-likeness (QED) is 0.0349. The molecular weight excluding hydrogens is 751 g/mol. The van der Waals surface area contributed by atoms with Crippen molar-refractivity contribution in [2.24, 2.45) is 0 Å². The second kappa shape index (κ2) is 30.4. The van der Waals surface area contributed by atoms with Gasteiger partial charge in [0, 0.05) is 6.42 Å². The van der Waals surface area contributed by atoms with Gasteiger partial charge in [0.15, 0.2) is 6.29 Å². The number of aliphatic hydroxyl groups is 6. The fourth-order valence-corrected chi connectivity index (χ4v) is 7.68. The summed E-state index contributed by atoms with van der Waals surface area (Å²) < 4.78 is 17.1. The highest BCUT2D eigenvalue weighted by atomic mass is 16.7. The Morgan fingerprint density at radius 1 is 0.678 bits per heavy atom. The average molecular weight is 830 g/mol. The molecule has 1 heterocycles. The zero-order chi connectivity index (χ0) is 42.7. The lowest BCUT2D eigenvalue weighted by molar-refractivity contribution is -0.303. The van der Waals surface area contributed by atoms with Gasteiger partial charge in [-0.25, -0.2) is 0 Å². The van der Waals surface area contributed by atoms with E-state index in [1.54, 1.807) is 0 Å². The first-order valence-corrected chi connectivity index (χ1v) is 23.0. The van der Waals surface area contributed by atoms with Crippen molar-refractivity contribution in [3.63, 3.8) is 0 Å². The van der Waals surface area contributed by atoms with Gasteiger partial charge in [-0.05, 0) is 62.4 Å². The zero-order valence-corrected chi connectivity index (χ0v) is 36.2. The molecule has 7 N–H and O–H groups in total. The van der Waals surface area contributed by atoms with Gasteiger partial charge >= 0.3 is 0 Å². The summed E-state index contributed by atoms with van der Waals surface area (Å²) in [7, 11) is 0. The Morgan fingerprint density at radius 3 is 1.75 bits per heavy atom. The van der Waals surface area contributed by atoms with Crippen molar-refractivity contribution >= 4 is 5.91 Å². The van der Waals surface area contributed by atoms with Crippen LogP contribution in [0.25, 0.3) is 0 Å². The molecule has 1 aliphatic rings. The molecule has 11 nitrogen and oxygen atoms in total. The van der Waals surface area contributed by atoms with Gasteiger partial charge in [0.05, 0.1) is 25.4 Å². The Kier molecular flexibility index (Phi) is 26.2. The van der Waals surface area contributed by atoms with E-state index in [1.165, 1.54) is 75.3 Å². The van der Waals surface area contributed by atoms with Crippen LogP contribution in [0.3, 0.4) is 0 Å². The van der Waals surface area contributed by atoms with Gasteiger partial charge in [0.2, 0.25) is 5.91 Å². The van der Waals surface area contributed by atoms with E-state index in [9.17, 15) is 35.4 Å². The lowest BCUT2D eigenvalue weighted by Gasteiger charge is -2.40. The Bertz CT molecular complexity index is 1340. The van der Waals surface area contributed by atoms with Crippen LogP contribution in [0.2, 0.25) is 0 Å². The van der Waals surface area contributed by atoms with E-state index in [2.05, 4.69) is 31.3 Å². The molecule has 59 heavy (non-hydrogen) atoms. The predicted octanol–water partition coefficient (Wildman–Crippen LogP) is 7.96. The van der Waals surface area contributed by atoms with Crippen LogP contribution in [-0.2, 0) is 20.7 Å². The van der Waals surface area contributed by atoms with E-state index in [-0.39, 0.29) is 18.9 Å². The number of hydrogen-bond donors (Lipinski definition) is 7. The Hall–Kier alpha value is -2.61. The van der Waals surface area contributed by atoms with Crippen molar-refractivity contribution in [3.8, 4) is 11.5 Å². The number of nitrogens with one attached hydrogen (secondary N) is 1. The van der Waals surface area contributed by atoms with Crippen LogP contribution in [-0.4, -0.2) is 98.7 Å². The highest BCUT2D eigenvalue weighted by molar-refractivity contribution is 5.76. The first-order valence-electron chi connectivity index (χ1n) is 23.0. The summed E-state index contributed by atoms with van der Waals surface area (Å²) in [5.74, 6) is 1.40. The fraction of sp³-hybridized carbons (Fsp3) is 0.729. The van der Waals surface area contributed by atoms with Crippen LogP contribution in [0.1, 0.15) is 159 Å². The van der Waals surface area contributed by atoms with Gasteiger partial charge in [-0.2, -0.15) is 0 Å². The SMILES string of the molecule is CCCCCCCCCCCCCC[C@@H](O)[C@@H](O)[C@H](CO[C@H]1OC(CO)[C@@H](O)[C@H](O)C1O)NC(=O)CCCCCCCCCCc1ccc(Oc2ccc(C)cc2)cc1. The third kappa shape index (κ3) is 20.7. The molecule has 336 valence electrons. The summed E-state index contributed by atoms with van der Waals surface area (Å²) in [5, 5.41) is 65.2. The molecule has 1 saturated heterocycles. The number of rotatable bonds is 33. The molecule has 1 fully saturated rings. The van der Waals surface area contributed by atoms with Crippen LogP contribution < -0.4 is 10.1 Å². The topological polar surface area (TPSA) is 178 Å². The first-order chi connectivity index (χ1) is 28.6. The maximum atomic E-state index is 13.0. The van der Waals surface area contributed by atoms with Crippen molar-refractivity contribution in [2.45, 2.75) is 210 Å². The van der Waals surface area contributed by atoms with Crippen molar-refractivity contribution in [3.05, 3.63) is 59.7 Å². The Balaban J connectivity index is 1.32. The summed E-state index contributed by atoms with van der Waals surface area (Å²) in [6.45, 7) is 3.37. The molecule has 0 radical (unpaired) electrons. The summed E-state index contributed by atoms with van der Waals surface area (Å²) in [5.41, 5.74) is 2.51. The average Bonchev–Trinajstić information content (AvgIpc) is 3.24. The minimum atomic E-state index is -1.62. The first kappa shape index (κ1) is 50.7. The van der Waals surface area contributed by atoms with Gasteiger partial charge in [-0.1, -0.05) is 152 Å². The number of aliphatic hydroxyl groups excluding tert-OH is 6. The largest absolute Gasteiger partial charge is 0.457 e. The van der Waals surface area contributed by atoms with Crippen molar-refractivity contribution < 1.29 is 49.6 Å². The van der Waals surface area contributed by atoms with E-state index >= 15 is 0 Å². The summed E-state index contributed by atoms with van der Waals surface area (Å²) >= 11 is 0. The maximum Gasteiger partial charge on any atom is 0.220 e. The molecule has 0 spiro atoms. The predicted molar refractivity (Wildman–Crippen MR) is 232 cm³/mol. The van der Waals surface area contributed by atoms with E-state index in [0.29, 0.717) is 12.8 Å². The maximum absolute atomic E-state index is 13.0. The summed E-state index contributed by atoms with van der Waals surface area (Å²) in [6, 6.07) is 15.4. The Labute approximate surface area is 354 Å². The zero-order valence-electron chi connectivity index (χ0n) is 36.2. The van der Waals surface area contributed by atoms with Crippen LogP contribution in [0, 0.1) is 6.92 Å². The Morgan fingerprint density at radius 2 is 1.19 bits per heavy atom. The van der Waals surface area contributed by atoms with Crippen LogP contribution in [0.15, 0.2) is 48.5 Å². The van der Waals surface area contributed by atoms with Crippen molar-refractivity contribution in [2.75, 3.05) is 13.2 Å². The number of carbonyl (C=O) groups is 1. The number of carbonyl (C=O) groups excluding carboxylic acids is 1. The van der Waals surface area contributed by atoms with Gasteiger partial charge in [-0.3, -0.25) is 4.79 Å². The highest BCUT2D eigenvalue weighted by Gasteiger charge is 2.44. The molecular formula is C48H79NO10. The molecule has 0 aliphatic carbocycles. The monoisotopic (exact) mass is 830 g/mol. The molecule has 2 aromatic carbocycles. The lowest BCUT2D eigenvalue weighted by Crippen LogP contribution is -2.60. The van der Waals surface area contributed by atoms with E-state index in [0.717, 1.165) is 75.7 Å². The van der Waals surface area contributed by atoms with Crippen molar-refractivity contribution in [1.29, 1.82) is 0 Å². The smallest absolute Gasteiger partial charge is 0.220 e. The van der Waals surface area contributed by atoms with E-state index in [1.807, 2.05) is 36.4 Å². The third-order valence-electron chi connectivity index (χ3n) is 11.6. The van der Waals surface area contributed by atoms with Gasteiger partial charge in [0.1, 0.15) is 42.0 Å². The number of aryl methyl sites for hydroxylation is 2. The number of ether oxygens (including phenoxy) is 3. The van der Waals surface area contributed by atoms with Crippen LogP contribution >= 0.6 is 0 Å². The molecule has 2 unspecified atom stereocenters. The molecule has 8 atom stereocenters. The molecule has 1 amide bonds. The molecule has 0 saturated carbocycles. The van der Waals surface area contributed by atoms with E-state index < -0.39 is 55.6 Å². The number of hydrogen-bond acceptors (Lipinski definition) is 10. The molecule has 0 aromatic heterocycles. The third-order valence-corrected chi connectivity index (χ3v) is 11.6. The second-order valence-corrected chi connectivity index (χ2v) is 16.8. The van der Waals surface area contributed by atoms with Crippen molar-refractivity contribution in [1.82, 2.24) is 5.32 Å². The van der Waals surface area contributed by atoms with Crippen LogP contribution in [0.4, 0.5) is 0 Å². The highest BCUT2D eigenvalue weighted by Crippen LogP contribution is 2.25. The summed E-state index contributed by atoms with van der Waals surface area (Å²) in [4.78, 5) is 13.0. The number of benzene rings is 2. The molecule has 1 aliphatic heterocycles. The second-order valence-electron chi connectivity index (χ2n) is 16.8. The standard InChI is InChI=1S/C48H79NO10/c1-3-4-5-6-7-8-9-10-11-15-18-21-24-41(51)44(53)40(35-57-48-47(56)46(55)45(54)42(34-50)59-48)49-43(52)25-22-19-16-13-12-14-17-20-23-37-28-32-39(33-29-37)58-38-30-26-36(2)27-31-38/h26-33,40-42,44-48,50-51,53-56H,3-25,34-35H2,1-2H3,(H,49,52)/t40-,41+,42?,44-,45+,46-,47?,48-/m0/s1. The number of unbranched alkanes of at least 4 members (excludes halogenated alkanes) is 18. The van der Waals surface area contributed by atoms with Gasteiger partial charge < -0.3 is 50.2 Å². The molecule has 2 aromatic rings. The molecule has 3 rings (SSSR count). The lowest BCUT2D eigenvalue weighted by atomic mass is 9.98. The van der Waals surface area contributed by atoms with Gasteiger partial charge in [0.25, 0.3) is 0 Å². The minimum absolute atomic E-state index is 0.257. The normalized spacial score (nSPS) is 20.9. The summed E-state index contributed by atoms with van der Waals surface area (Å²) in [6.07, 6.45) is 14.5. The molecule has 0 bridgehead atoms. The number of amides is 1. The molecule has 11 heteroatoms. The minimum Gasteiger partial charge on any atom is -0.457 e. The van der Waals surface area contributed by atoms with E-state index in [4.69, 9.17) is 14.2 Å². The van der Waals surface area contributed by atoms with Gasteiger partial charge in [-0.15, -0.1) is 0 Å².